The van der Waals surface area contributed by atoms with Gasteiger partial charge in [-0.25, -0.2) is 0 Å². The van der Waals surface area contributed by atoms with Crippen LogP contribution in [0.15, 0.2) is 0 Å². The van der Waals surface area contributed by atoms with Gasteiger partial charge in [0.2, 0.25) is 0 Å². The Morgan fingerprint density at radius 3 is 2.45 bits per heavy atom. The maximum absolute atomic E-state index is 11.0. The van der Waals surface area contributed by atoms with Crippen LogP contribution in [0.5, 0.6) is 0 Å². The molecule has 0 bridgehead atoms. The molecular weight excluding hydrogens is 378 g/mol. The Bertz CT molecular complexity index is 679. The highest BCUT2D eigenvalue weighted by atomic mass is 16.3. The van der Waals surface area contributed by atoms with Crippen molar-refractivity contribution in [2.75, 3.05) is 0 Å². The maximum Gasteiger partial charge on any atom is 0.0683 e. The molecular formula is C29H49NO. The van der Waals surface area contributed by atoms with Crippen LogP contribution in [-0.4, -0.2) is 10.7 Å². The third kappa shape index (κ3) is 4.35. The molecule has 31 heavy (non-hydrogen) atoms. The summed E-state index contributed by atoms with van der Waals surface area (Å²) in [6.45, 7) is 11.5. The summed E-state index contributed by atoms with van der Waals surface area (Å²) in [7, 11) is 0. The molecule has 0 aromatic rings. The molecule has 1 N–H and O–H groups in total. The van der Waals surface area contributed by atoms with Crippen LogP contribution in [0.4, 0.5) is 0 Å². The minimum absolute atomic E-state index is 0.159. The molecule has 4 aliphatic carbocycles. The summed E-state index contributed by atoms with van der Waals surface area (Å²) in [5.74, 6) is 6.33. The van der Waals surface area contributed by atoms with Gasteiger partial charge in [0.15, 0.2) is 0 Å². The van der Waals surface area contributed by atoms with Gasteiger partial charge in [-0.3, -0.25) is 0 Å². The largest absolute Gasteiger partial charge is 0.390 e. The van der Waals surface area contributed by atoms with E-state index in [1.54, 1.807) is 0 Å². The Kier molecular flexibility index (Phi) is 6.60. The van der Waals surface area contributed by atoms with E-state index in [9.17, 15) is 10.4 Å². The van der Waals surface area contributed by atoms with Gasteiger partial charge in [0.05, 0.1) is 17.1 Å². The van der Waals surface area contributed by atoms with Crippen LogP contribution >= 0.6 is 0 Å². The first kappa shape index (κ1) is 23.6. The van der Waals surface area contributed by atoms with Crippen molar-refractivity contribution >= 4 is 0 Å². The Labute approximate surface area is 192 Å². The van der Waals surface area contributed by atoms with Gasteiger partial charge in [-0.1, -0.05) is 33.6 Å². The number of hydrogen-bond donors (Lipinski definition) is 1. The molecule has 0 aromatic heterocycles. The lowest BCUT2D eigenvalue weighted by Crippen LogP contribution is -2.54. The molecule has 2 heteroatoms. The van der Waals surface area contributed by atoms with Crippen molar-refractivity contribution in [1.82, 2.24) is 0 Å². The van der Waals surface area contributed by atoms with Crippen LogP contribution in [0.2, 0.25) is 0 Å². The zero-order valence-corrected chi connectivity index (χ0v) is 21.1. The van der Waals surface area contributed by atoms with Crippen molar-refractivity contribution in [3.05, 3.63) is 0 Å². The van der Waals surface area contributed by atoms with Gasteiger partial charge in [0.25, 0.3) is 0 Å². The van der Waals surface area contributed by atoms with E-state index in [2.05, 4.69) is 40.7 Å². The summed E-state index contributed by atoms with van der Waals surface area (Å²) in [4.78, 5) is 0. The molecule has 4 rings (SSSR count). The molecule has 2 nitrogen and oxygen atoms in total. The van der Waals surface area contributed by atoms with Crippen molar-refractivity contribution in [2.45, 2.75) is 124 Å². The lowest BCUT2D eigenvalue weighted by atomic mass is 9.45. The summed E-state index contributed by atoms with van der Waals surface area (Å²) in [6, 6.07) is 2.48. The lowest BCUT2D eigenvalue weighted by molar-refractivity contribution is -0.140. The highest BCUT2D eigenvalue weighted by Gasteiger charge is 2.58. The number of nitrogens with zero attached hydrogens (tertiary/aromatic N) is 1. The molecule has 0 aromatic carbocycles. The van der Waals surface area contributed by atoms with E-state index in [-0.39, 0.29) is 11.0 Å². The van der Waals surface area contributed by atoms with Crippen molar-refractivity contribution in [3.63, 3.8) is 0 Å². The predicted molar refractivity (Wildman–Crippen MR) is 128 cm³/mol. The van der Waals surface area contributed by atoms with Gasteiger partial charge >= 0.3 is 0 Å². The standard InChI is InChI=1S/C29H49NO/c1-6-29(31)17-16-28(5)21(18-29)9-10-25-24-12-11-22(23(24)13-14-26(25)28)20(2)8-7-15-27(3,4)19-30/h20-26,31H,6-18H2,1-5H3/t20-,21?,22?,23?,24?,25?,26?,28?,29+/m1/s1. The summed E-state index contributed by atoms with van der Waals surface area (Å²) >= 11 is 0. The second kappa shape index (κ2) is 8.66. The zero-order valence-electron chi connectivity index (χ0n) is 21.1. The molecule has 0 saturated heterocycles. The molecule has 0 radical (unpaired) electrons. The Morgan fingerprint density at radius 1 is 1.03 bits per heavy atom. The molecule has 4 fully saturated rings. The Balaban J connectivity index is 1.38. The molecule has 176 valence electrons. The highest BCUT2D eigenvalue weighted by Crippen LogP contribution is 2.65. The number of aliphatic hydroxyl groups is 1. The van der Waals surface area contributed by atoms with E-state index in [4.69, 9.17) is 0 Å². The first-order valence-electron chi connectivity index (χ1n) is 13.8. The van der Waals surface area contributed by atoms with E-state index < -0.39 is 0 Å². The average Bonchev–Trinajstić information content (AvgIpc) is 3.19. The van der Waals surface area contributed by atoms with Gasteiger partial charge in [-0.2, -0.15) is 5.26 Å². The lowest BCUT2D eigenvalue weighted by Gasteiger charge is -2.60. The van der Waals surface area contributed by atoms with Crippen LogP contribution in [0, 0.1) is 63.6 Å². The number of nitriles is 1. The van der Waals surface area contributed by atoms with Gasteiger partial charge in [-0.05, 0) is 131 Å². The third-order valence-electron chi connectivity index (χ3n) is 11.3. The number of hydrogen-bond acceptors (Lipinski definition) is 2. The highest BCUT2D eigenvalue weighted by molar-refractivity contribution is 5.07. The molecule has 9 atom stereocenters. The van der Waals surface area contributed by atoms with Gasteiger partial charge in [0.1, 0.15) is 0 Å². The minimum Gasteiger partial charge on any atom is -0.390 e. The van der Waals surface area contributed by atoms with E-state index in [1.807, 2.05) is 0 Å². The topological polar surface area (TPSA) is 44.0 Å². The fraction of sp³-hybridized carbons (Fsp3) is 0.966. The number of rotatable bonds is 6. The van der Waals surface area contributed by atoms with E-state index >= 15 is 0 Å². The van der Waals surface area contributed by atoms with Gasteiger partial charge < -0.3 is 5.11 Å². The fourth-order valence-electron chi connectivity index (χ4n) is 9.19. The molecule has 0 spiro atoms. The van der Waals surface area contributed by atoms with Gasteiger partial charge in [0, 0.05) is 0 Å². The maximum atomic E-state index is 11.0. The minimum atomic E-state index is -0.373. The summed E-state index contributed by atoms with van der Waals surface area (Å²) in [6.07, 6.45) is 16.5. The number of fused-ring (bicyclic) bond motifs is 5. The fourth-order valence-corrected chi connectivity index (χ4v) is 9.19. The van der Waals surface area contributed by atoms with Crippen LogP contribution in [-0.2, 0) is 0 Å². The summed E-state index contributed by atoms with van der Waals surface area (Å²) in [5, 5.41) is 20.3. The molecule has 0 heterocycles. The Morgan fingerprint density at radius 2 is 1.74 bits per heavy atom. The molecule has 4 aliphatic rings. The van der Waals surface area contributed by atoms with Gasteiger partial charge in [-0.15, -0.1) is 0 Å². The SMILES string of the molecule is CC[C@]1(O)CCC2(C)C(CCC3C4CCC([C@H](C)CCCC(C)(C)C#N)C4CCC32)C1. The smallest absolute Gasteiger partial charge is 0.0683 e. The van der Waals surface area contributed by atoms with Crippen molar-refractivity contribution < 1.29 is 5.11 Å². The molecule has 4 saturated carbocycles. The normalized spacial score (nSPS) is 45.8. The quantitative estimate of drug-likeness (QED) is 0.471. The van der Waals surface area contributed by atoms with E-state index in [0.717, 1.165) is 67.1 Å². The molecule has 7 unspecified atom stereocenters. The third-order valence-corrected chi connectivity index (χ3v) is 11.3. The van der Waals surface area contributed by atoms with Crippen LogP contribution < -0.4 is 0 Å². The van der Waals surface area contributed by atoms with E-state index in [0.29, 0.717) is 5.41 Å². The summed E-state index contributed by atoms with van der Waals surface area (Å²) in [5.41, 5.74) is -0.0436. The van der Waals surface area contributed by atoms with Crippen molar-refractivity contribution in [2.24, 2.45) is 52.3 Å². The van der Waals surface area contributed by atoms with Crippen LogP contribution in [0.25, 0.3) is 0 Å². The summed E-state index contributed by atoms with van der Waals surface area (Å²) < 4.78 is 0. The molecule has 0 aliphatic heterocycles. The van der Waals surface area contributed by atoms with Crippen LogP contribution in [0.3, 0.4) is 0 Å². The molecule has 0 amide bonds. The zero-order chi connectivity index (χ0) is 22.4. The monoisotopic (exact) mass is 427 g/mol. The second-order valence-electron chi connectivity index (χ2n) is 13.3. The van der Waals surface area contributed by atoms with E-state index in [1.165, 1.54) is 57.8 Å². The first-order valence-corrected chi connectivity index (χ1v) is 13.8. The Hall–Kier alpha value is -0.550. The van der Waals surface area contributed by atoms with Crippen molar-refractivity contribution in [3.8, 4) is 6.07 Å². The van der Waals surface area contributed by atoms with Crippen LogP contribution in [0.1, 0.15) is 118 Å². The average molecular weight is 428 g/mol. The second-order valence-corrected chi connectivity index (χ2v) is 13.3. The first-order chi connectivity index (χ1) is 14.6. The van der Waals surface area contributed by atoms with Crippen molar-refractivity contribution in [1.29, 1.82) is 5.26 Å². The predicted octanol–water partition coefficient (Wildman–Crippen LogP) is 7.75.